The monoisotopic (exact) mass is 482 g/mol. The topological polar surface area (TPSA) is 123 Å². The summed E-state index contributed by atoms with van der Waals surface area (Å²) in [5.41, 5.74) is 3.46. The summed E-state index contributed by atoms with van der Waals surface area (Å²) in [7, 11) is 0. The summed E-state index contributed by atoms with van der Waals surface area (Å²) < 4.78 is 0. The predicted molar refractivity (Wildman–Crippen MR) is 129 cm³/mol. The average Bonchev–Trinajstić information content (AvgIpc) is 2.84. The van der Waals surface area contributed by atoms with Crippen molar-refractivity contribution >= 4 is 47.0 Å². The Balaban J connectivity index is 1.60. The Labute approximate surface area is 200 Å². The van der Waals surface area contributed by atoms with Crippen LogP contribution in [-0.2, 0) is 11.3 Å². The number of carbonyl (C=O) groups excluding carboxylic acids is 3. The third-order valence-corrected chi connectivity index (χ3v) is 5.84. The predicted octanol–water partition coefficient (Wildman–Crippen LogP) is 4.05. The lowest BCUT2D eigenvalue weighted by Gasteiger charge is -2.41. The normalized spacial score (nSPS) is 18.0. The molecule has 2 aliphatic rings. The quantitative estimate of drug-likeness (QED) is 0.511. The van der Waals surface area contributed by atoms with Gasteiger partial charge in [-0.3, -0.25) is 15.0 Å². The molecule has 10 nitrogen and oxygen atoms in total. The number of carbonyl (C=O) groups is 3. The van der Waals surface area contributed by atoms with Gasteiger partial charge in [0.25, 0.3) is 5.91 Å². The Hall–Kier alpha value is -3.92. The van der Waals surface area contributed by atoms with Gasteiger partial charge in [0.05, 0.1) is 12.5 Å². The van der Waals surface area contributed by atoms with Crippen LogP contribution in [-0.4, -0.2) is 47.1 Å². The second kappa shape index (κ2) is 9.92. The number of rotatable bonds is 7. The Morgan fingerprint density at radius 3 is 2.74 bits per heavy atom. The van der Waals surface area contributed by atoms with E-state index in [-0.39, 0.29) is 13.1 Å². The number of urea groups is 2. The fourth-order valence-electron chi connectivity index (χ4n) is 3.75. The van der Waals surface area contributed by atoms with E-state index in [1.165, 1.54) is 11.8 Å². The van der Waals surface area contributed by atoms with Crippen LogP contribution in [0.4, 0.5) is 21.0 Å². The second-order valence-electron chi connectivity index (χ2n) is 8.06. The highest BCUT2D eigenvalue weighted by molar-refractivity contribution is 6.30. The van der Waals surface area contributed by atoms with Crippen LogP contribution in [0.15, 0.2) is 53.7 Å². The Morgan fingerprint density at radius 1 is 1.24 bits per heavy atom. The summed E-state index contributed by atoms with van der Waals surface area (Å²) in [5, 5.41) is 12.2. The zero-order chi connectivity index (χ0) is 24.2. The van der Waals surface area contributed by atoms with Gasteiger partial charge in [0, 0.05) is 34.7 Å². The molecular formula is C23H23ClN6O4. The maximum Gasteiger partial charge on any atom is 0.331 e. The molecule has 11 heteroatoms. The molecule has 2 aromatic rings. The van der Waals surface area contributed by atoms with Gasteiger partial charge in [-0.2, -0.15) is 0 Å². The van der Waals surface area contributed by atoms with Crippen molar-refractivity contribution in [3.63, 3.8) is 0 Å². The zero-order valence-corrected chi connectivity index (χ0v) is 19.1. The van der Waals surface area contributed by atoms with E-state index in [0.717, 1.165) is 28.3 Å². The third kappa shape index (κ3) is 5.01. The summed E-state index contributed by atoms with van der Waals surface area (Å²) in [4.78, 5) is 50.7. The highest BCUT2D eigenvalue weighted by Crippen LogP contribution is 2.26. The SMILES string of the molecule is C[C@@H](CN1C(=O)NC(Nc2ccc3c(c2)C=CCN3)N(Cc2ccc(Cl)cc2)C1=O)C(=O)N=O. The van der Waals surface area contributed by atoms with E-state index in [9.17, 15) is 19.3 Å². The zero-order valence-electron chi connectivity index (χ0n) is 18.3. The molecule has 2 aromatic carbocycles. The van der Waals surface area contributed by atoms with Crippen molar-refractivity contribution in [3.8, 4) is 0 Å². The fraction of sp³-hybridized carbons (Fsp3) is 0.261. The van der Waals surface area contributed by atoms with Gasteiger partial charge in [0.15, 0.2) is 6.29 Å². The van der Waals surface area contributed by atoms with E-state index in [1.807, 2.05) is 30.4 Å². The molecule has 2 aliphatic heterocycles. The van der Waals surface area contributed by atoms with Crippen LogP contribution in [0.5, 0.6) is 0 Å². The highest BCUT2D eigenvalue weighted by Gasteiger charge is 2.39. The van der Waals surface area contributed by atoms with Crippen molar-refractivity contribution in [2.45, 2.75) is 19.8 Å². The van der Waals surface area contributed by atoms with Gasteiger partial charge in [0.1, 0.15) is 0 Å². The number of hydrogen-bond donors (Lipinski definition) is 3. The molecule has 0 saturated carbocycles. The molecule has 2 heterocycles. The van der Waals surface area contributed by atoms with E-state index in [4.69, 9.17) is 11.6 Å². The lowest BCUT2D eigenvalue weighted by atomic mass is 10.1. The molecule has 4 rings (SSSR count). The number of amides is 5. The van der Waals surface area contributed by atoms with Gasteiger partial charge < -0.3 is 10.6 Å². The molecule has 34 heavy (non-hydrogen) atoms. The van der Waals surface area contributed by atoms with Gasteiger partial charge in [-0.05, 0) is 41.5 Å². The summed E-state index contributed by atoms with van der Waals surface area (Å²) in [6.07, 6.45) is 3.13. The number of fused-ring (bicyclic) bond motifs is 1. The first-order valence-corrected chi connectivity index (χ1v) is 11.0. The first-order chi connectivity index (χ1) is 16.4. The standard InChI is InChI=1S/C23H23ClN6O4/c1-14(20(31)28-34)12-30-22(32)27-21(26-18-8-9-19-16(11-18)3-2-10-25-19)29(23(30)33)13-15-4-6-17(24)7-5-15/h2-9,11,14,21,25-26H,10,12-13H2,1H3,(H,27,32)/t14-,21?/m0/s1. The van der Waals surface area contributed by atoms with Gasteiger partial charge in [-0.1, -0.05) is 42.8 Å². The van der Waals surface area contributed by atoms with Crippen molar-refractivity contribution in [1.29, 1.82) is 0 Å². The van der Waals surface area contributed by atoms with E-state index >= 15 is 0 Å². The minimum atomic E-state index is -0.930. The Kier molecular flexibility index (Phi) is 6.78. The number of nitroso groups, excluding NO2 is 1. The Bertz CT molecular complexity index is 1150. The number of imide groups is 1. The first kappa shape index (κ1) is 23.2. The van der Waals surface area contributed by atoms with Crippen molar-refractivity contribution in [2.75, 3.05) is 23.7 Å². The molecule has 0 radical (unpaired) electrons. The lowest BCUT2D eigenvalue weighted by molar-refractivity contribution is -0.121. The molecular weight excluding hydrogens is 460 g/mol. The highest BCUT2D eigenvalue weighted by atomic mass is 35.5. The molecule has 1 saturated heterocycles. The summed E-state index contributed by atoms with van der Waals surface area (Å²) >= 11 is 5.98. The van der Waals surface area contributed by atoms with Crippen molar-refractivity contribution in [2.24, 2.45) is 11.1 Å². The summed E-state index contributed by atoms with van der Waals surface area (Å²) in [6.45, 7) is 2.07. The maximum atomic E-state index is 13.4. The molecule has 0 spiro atoms. The summed E-state index contributed by atoms with van der Waals surface area (Å²) in [6, 6.07) is 11.4. The molecule has 0 aromatic heterocycles. The van der Waals surface area contributed by atoms with Crippen LogP contribution in [0.2, 0.25) is 5.02 Å². The van der Waals surface area contributed by atoms with Crippen LogP contribution in [0, 0.1) is 10.8 Å². The molecule has 0 aliphatic carbocycles. The van der Waals surface area contributed by atoms with Crippen LogP contribution < -0.4 is 16.0 Å². The molecule has 3 N–H and O–H groups in total. The van der Waals surface area contributed by atoms with Gasteiger partial charge in [-0.15, -0.1) is 4.91 Å². The smallest absolute Gasteiger partial charge is 0.331 e. The van der Waals surface area contributed by atoms with Crippen molar-refractivity contribution in [1.82, 2.24) is 15.1 Å². The van der Waals surface area contributed by atoms with Gasteiger partial charge in [-0.25, -0.2) is 14.5 Å². The number of nitrogens with zero attached hydrogens (tertiary/aromatic N) is 3. The number of anilines is 2. The largest absolute Gasteiger partial charge is 0.381 e. The van der Waals surface area contributed by atoms with Crippen molar-refractivity contribution < 1.29 is 14.4 Å². The van der Waals surface area contributed by atoms with E-state index < -0.39 is 30.2 Å². The minimum Gasteiger partial charge on any atom is -0.381 e. The van der Waals surface area contributed by atoms with E-state index in [1.54, 1.807) is 24.3 Å². The van der Waals surface area contributed by atoms with Gasteiger partial charge in [0.2, 0.25) is 0 Å². The second-order valence-corrected chi connectivity index (χ2v) is 8.50. The minimum absolute atomic E-state index is 0.158. The van der Waals surface area contributed by atoms with Crippen LogP contribution >= 0.6 is 11.6 Å². The van der Waals surface area contributed by atoms with Gasteiger partial charge >= 0.3 is 12.1 Å². The number of benzene rings is 2. The molecule has 176 valence electrons. The Morgan fingerprint density at radius 2 is 2.00 bits per heavy atom. The fourth-order valence-corrected chi connectivity index (χ4v) is 3.88. The van der Waals surface area contributed by atoms with Crippen LogP contribution in [0.25, 0.3) is 6.08 Å². The van der Waals surface area contributed by atoms with E-state index in [2.05, 4.69) is 21.1 Å². The average molecular weight is 483 g/mol. The van der Waals surface area contributed by atoms with Crippen molar-refractivity contribution in [3.05, 3.63) is 69.6 Å². The molecule has 5 amide bonds. The maximum absolute atomic E-state index is 13.4. The van der Waals surface area contributed by atoms with E-state index in [0.29, 0.717) is 10.7 Å². The molecule has 1 fully saturated rings. The number of hydrogen-bond acceptors (Lipinski definition) is 6. The third-order valence-electron chi connectivity index (χ3n) is 5.59. The molecule has 1 unspecified atom stereocenters. The number of nitrogens with one attached hydrogen (secondary N) is 3. The lowest BCUT2D eigenvalue weighted by Crippen LogP contribution is -2.67. The number of halogens is 1. The summed E-state index contributed by atoms with van der Waals surface area (Å²) in [5.74, 6) is -1.85. The molecule has 0 bridgehead atoms. The van der Waals surface area contributed by atoms with Crippen LogP contribution in [0.1, 0.15) is 18.1 Å². The van der Waals surface area contributed by atoms with Crippen LogP contribution in [0.3, 0.4) is 0 Å². The molecule has 2 atom stereocenters. The first-order valence-electron chi connectivity index (χ1n) is 10.7.